The Morgan fingerprint density at radius 2 is 1.95 bits per heavy atom. The molecule has 4 aromatic rings. The summed E-state index contributed by atoms with van der Waals surface area (Å²) in [7, 11) is 0. The predicted octanol–water partition coefficient (Wildman–Crippen LogP) is 3.85. The average molecular weight is 566 g/mol. The van der Waals surface area contributed by atoms with Crippen molar-refractivity contribution in [3.63, 3.8) is 0 Å². The number of anilines is 3. The number of nitrogens with one attached hydrogen (secondary N) is 4. The summed E-state index contributed by atoms with van der Waals surface area (Å²) in [5.74, 6) is 1.12. The normalized spacial score (nSPS) is 17.4. The van der Waals surface area contributed by atoms with Crippen LogP contribution in [0.25, 0.3) is 5.65 Å². The van der Waals surface area contributed by atoms with E-state index in [1.165, 1.54) is 11.8 Å². The number of carbonyl (C=O) groups excluding carboxylic acids is 2. The molecule has 1 aliphatic carbocycles. The lowest BCUT2D eigenvalue weighted by Crippen LogP contribution is -2.36. The van der Waals surface area contributed by atoms with Crippen molar-refractivity contribution in [3.05, 3.63) is 53.3 Å². The summed E-state index contributed by atoms with van der Waals surface area (Å²) in [4.78, 5) is 37.1. The highest BCUT2D eigenvalue weighted by molar-refractivity contribution is 7.99. The topological polar surface area (TPSA) is 132 Å². The number of carbonyl (C=O) groups is 2. The van der Waals surface area contributed by atoms with Crippen LogP contribution in [-0.2, 0) is 9.59 Å². The van der Waals surface area contributed by atoms with Crippen LogP contribution in [0, 0.1) is 12.8 Å². The fraction of sp³-hybridized carbons (Fsp3) is 0.346. The summed E-state index contributed by atoms with van der Waals surface area (Å²) in [5, 5.41) is 17.4. The van der Waals surface area contributed by atoms with Gasteiger partial charge in [-0.05, 0) is 80.9 Å². The molecule has 39 heavy (non-hydrogen) atoms. The Kier molecular flexibility index (Phi) is 7.15. The van der Waals surface area contributed by atoms with Crippen molar-refractivity contribution in [1.82, 2.24) is 34.8 Å². The molecule has 1 aliphatic heterocycles. The van der Waals surface area contributed by atoms with E-state index in [0.717, 1.165) is 36.4 Å². The molecule has 6 rings (SSSR count). The predicted molar refractivity (Wildman–Crippen MR) is 150 cm³/mol. The molecule has 2 aliphatic rings. The zero-order valence-electron chi connectivity index (χ0n) is 21.3. The molecule has 4 heterocycles. The molecule has 1 saturated heterocycles. The van der Waals surface area contributed by atoms with E-state index < -0.39 is 0 Å². The number of H-pyrrole nitrogens is 1. The number of aromatic amines is 1. The van der Waals surface area contributed by atoms with Crippen LogP contribution in [-0.4, -0.2) is 67.0 Å². The van der Waals surface area contributed by atoms with Crippen LogP contribution in [0.5, 0.6) is 0 Å². The molecule has 11 nitrogen and oxygen atoms in total. The highest BCUT2D eigenvalue weighted by Gasteiger charge is 2.32. The molecule has 2 amide bonds. The molecule has 0 spiro atoms. The molecular formula is C26H28ClN9O2S. The van der Waals surface area contributed by atoms with E-state index in [4.69, 9.17) is 11.6 Å². The highest BCUT2D eigenvalue weighted by atomic mass is 35.5. The summed E-state index contributed by atoms with van der Waals surface area (Å²) in [5.41, 5.74) is 2.28. The third-order valence-electron chi connectivity index (χ3n) is 6.66. The van der Waals surface area contributed by atoms with Crippen molar-refractivity contribution in [2.75, 3.05) is 30.3 Å². The van der Waals surface area contributed by atoms with E-state index in [-0.39, 0.29) is 24.3 Å². The van der Waals surface area contributed by atoms with Gasteiger partial charge in [0.15, 0.2) is 11.0 Å². The van der Waals surface area contributed by atoms with Crippen LogP contribution in [0.2, 0.25) is 5.15 Å². The van der Waals surface area contributed by atoms with Crippen LogP contribution in [0.1, 0.15) is 25.0 Å². The smallest absolute Gasteiger partial charge is 0.238 e. The summed E-state index contributed by atoms with van der Waals surface area (Å²) < 4.78 is 1.72. The zero-order valence-corrected chi connectivity index (χ0v) is 22.8. The second kappa shape index (κ2) is 10.9. The first kappa shape index (κ1) is 25.7. The van der Waals surface area contributed by atoms with Crippen molar-refractivity contribution in [3.8, 4) is 0 Å². The van der Waals surface area contributed by atoms with Gasteiger partial charge in [0.05, 0.1) is 12.5 Å². The Bertz CT molecular complexity index is 1520. The standard InChI is InChI=1S/C26H28ClN9O2S/c1-15-12-21(34-33-15)30-25-32-26(31-22-9-8-20(27)36(22)25)39-19-6-4-17(5-7-19)28-23(37)14-35-11-10-16(13-35)24(38)29-18-2-3-18/h4-9,12,16,18H,2-3,10-11,13-14H2,1H3,(H,28,37)(H,29,38)(H2,30,31,32,33,34)/t16-/m1/s1. The van der Waals surface area contributed by atoms with Crippen LogP contribution in [0.4, 0.5) is 17.5 Å². The summed E-state index contributed by atoms with van der Waals surface area (Å²) in [6.45, 7) is 3.56. The molecule has 1 saturated carbocycles. The molecule has 2 fully saturated rings. The maximum Gasteiger partial charge on any atom is 0.238 e. The van der Waals surface area contributed by atoms with Gasteiger partial charge in [-0.2, -0.15) is 10.1 Å². The Labute approximate surface area is 234 Å². The summed E-state index contributed by atoms with van der Waals surface area (Å²) >= 11 is 7.77. The maximum atomic E-state index is 12.6. The average Bonchev–Trinajstić information content (AvgIpc) is 3.24. The molecule has 0 unspecified atom stereocenters. The zero-order chi connectivity index (χ0) is 26.9. The molecule has 202 valence electrons. The van der Waals surface area contributed by atoms with E-state index in [2.05, 4.69) is 36.1 Å². The Hall–Kier alpha value is -3.61. The highest BCUT2D eigenvalue weighted by Crippen LogP contribution is 2.30. The largest absolute Gasteiger partial charge is 0.353 e. The second-order valence-corrected chi connectivity index (χ2v) is 11.3. The van der Waals surface area contributed by atoms with Gasteiger partial charge < -0.3 is 16.0 Å². The van der Waals surface area contributed by atoms with Gasteiger partial charge >= 0.3 is 0 Å². The molecule has 0 radical (unpaired) electrons. The lowest BCUT2D eigenvalue weighted by atomic mass is 10.1. The first-order valence-corrected chi connectivity index (χ1v) is 14.0. The number of aryl methyl sites for hydroxylation is 1. The van der Waals surface area contributed by atoms with E-state index in [9.17, 15) is 9.59 Å². The van der Waals surface area contributed by atoms with E-state index in [0.29, 0.717) is 46.0 Å². The number of benzene rings is 1. The van der Waals surface area contributed by atoms with Crippen LogP contribution in [0.3, 0.4) is 0 Å². The molecule has 4 N–H and O–H groups in total. The molecule has 3 aromatic heterocycles. The number of hydrogen-bond acceptors (Lipinski definition) is 8. The van der Waals surface area contributed by atoms with E-state index >= 15 is 0 Å². The molecular weight excluding hydrogens is 538 g/mol. The quantitative estimate of drug-likeness (QED) is 0.241. The minimum absolute atomic E-state index is 0.0296. The molecule has 0 bridgehead atoms. The number of rotatable bonds is 9. The minimum Gasteiger partial charge on any atom is -0.353 e. The van der Waals surface area contributed by atoms with Crippen molar-refractivity contribution in [2.24, 2.45) is 5.92 Å². The molecule has 1 atom stereocenters. The van der Waals surface area contributed by atoms with Crippen LogP contribution in [0.15, 0.2) is 52.5 Å². The second-order valence-electron chi connectivity index (χ2n) is 9.92. The number of fused-ring (bicyclic) bond motifs is 1. The van der Waals surface area contributed by atoms with Gasteiger partial charge in [0.25, 0.3) is 0 Å². The number of nitrogens with zero attached hydrogens (tertiary/aromatic N) is 5. The molecule has 13 heteroatoms. The monoisotopic (exact) mass is 565 g/mol. The first-order valence-electron chi connectivity index (χ1n) is 12.8. The lowest BCUT2D eigenvalue weighted by Gasteiger charge is -2.16. The van der Waals surface area contributed by atoms with Gasteiger partial charge in [0, 0.05) is 34.9 Å². The van der Waals surface area contributed by atoms with Gasteiger partial charge in [-0.1, -0.05) is 11.6 Å². The third kappa shape index (κ3) is 6.18. The Morgan fingerprint density at radius 1 is 1.13 bits per heavy atom. The van der Waals surface area contributed by atoms with Crippen molar-refractivity contribution in [2.45, 2.75) is 42.3 Å². The summed E-state index contributed by atoms with van der Waals surface area (Å²) in [6, 6.07) is 13.4. The number of hydrogen-bond donors (Lipinski definition) is 4. The van der Waals surface area contributed by atoms with E-state index in [1.807, 2.05) is 48.2 Å². The number of halogens is 1. The number of likely N-dealkylation sites (tertiary alicyclic amines) is 1. The van der Waals surface area contributed by atoms with Gasteiger partial charge in [0.1, 0.15) is 10.8 Å². The number of amides is 2. The lowest BCUT2D eigenvalue weighted by molar-refractivity contribution is -0.125. The fourth-order valence-electron chi connectivity index (χ4n) is 4.54. The van der Waals surface area contributed by atoms with Crippen molar-refractivity contribution < 1.29 is 9.59 Å². The van der Waals surface area contributed by atoms with Gasteiger partial charge in [-0.25, -0.2) is 4.98 Å². The number of aromatic nitrogens is 5. The first-order chi connectivity index (χ1) is 18.9. The third-order valence-corrected chi connectivity index (χ3v) is 7.83. The van der Waals surface area contributed by atoms with Gasteiger partial charge in [-0.3, -0.25) is 24.0 Å². The maximum absolute atomic E-state index is 12.6. The van der Waals surface area contributed by atoms with Crippen LogP contribution < -0.4 is 16.0 Å². The Balaban J connectivity index is 1.06. The molecule has 1 aromatic carbocycles. The van der Waals surface area contributed by atoms with Gasteiger partial charge in [-0.15, -0.1) is 0 Å². The Morgan fingerprint density at radius 3 is 2.69 bits per heavy atom. The van der Waals surface area contributed by atoms with Crippen LogP contribution >= 0.6 is 23.4 Å². The summed E-state index contributed by atoms with van der Waals surface area (Å²) in [6.07, 6.45) is 2.95. The van der Waals surface area contributed by atoms with E-state index in [1.54, 1.807) is 10.5 Å². The van der Waals surface area contributed by atoms with Gasteiger partial charge in [0.2, 0.25) is 17.8 Å². The fourth-order valence-corrected chi connectivity index (χ4v) is 5.52. The SMILES string of the molecule is Cc1cc(Nc2nc(Sc3ccc(NC(=O)CN4CC[C@@H](C(=O)NC5CC5)C4)cc3)nc3ccc(Cl)n23)n[nH]1. The van der Waals surface area contributed by atoms with Crippen molar-refractivity contribution >= 4 is 58.3 Å². The van der Waals surface area contributed by atoms with Crippen molar-refractivity contribution in [1.29, 1.82) is 0 Å². The minimum atomic E-state index is -0.0955.